The zero-order chi connectivity index (χ0) is 34.4. The highest BCUT2D eigenvalue weighted by molar-refractivity contribution is 7.26. The molecule has 0 aliphatic carbocycles. The van der Waals surface area contributed by atoms with E-state index >= 15 is 0 Å². The highest BCUT2D eigenvalue weighted by Crippen LogP contribution is 2.41. The minimum absolute atomic E-state index is 0.623. The molecule has 6 heteroatoms. The Morgan fingerprint density at radius 2 is 0.808 bits per heavy atom. The zero-order valence-corrected chi connectivity index (χ0v) is 28.6. The number of rotatable bonds is 6. The summed E-state index contributed by atoms with van der Waals surface area (Å²) in [5.41, 5.74) is 10.0. The first-order valence-electron chi connectivity index (χ1n) is 17.1. The third-order valence-corrected chi connectivity index (χ3v) is 10.5. The normalized spacial score (nSPS) is 11.5. The molecule has 7 aromatic carbocycles. The van der Waals surface area contributed by atoms with E-state index in [1.54, 1.807) is 11.3 Å². The van der Waals surface area contributed by atoms with E-state index in [0.717, 1.165) is 60.8 Å². The fraction of sp³-hybridized carbons (Fsp3) is 0. The van der Waals surface area contributed by atoms with E-state index in [1.807, 2.05) is 66.7 Å². The highest BCUT2D eigenvalue weighted by atomic mass is 32.1. The lowest BCUT2D eigenvalue weighted by Crippen LogP contribution is -2.00. The molecule has 0 saturated heterocycles. The molecule has 52 heavy (non-hydrogen) atoms. The van der Waals surface area contributed by atoms with Gasteiger partial charge in [0.2, 0.25) is 5.89 Å². The van der Waals surface area contributed by atoms with Crippen molar-refractivity contribution in [3.8, 4) is 67.9 Å². The van der Waals surface area contributed by atoms with Gasteiger partial charge in [-0.15, -0.1) is 11.3 Å². The summed E-state index contributed by atoms with van der Waals surface area (Å²) in [5.74, 6) is 2.55. The molecule has 0 amide bonds. The van der Waals surface area contributed by atoms with Gasteiger partial charge in [-0.3, -0.25) is 0 Å². The standard InChI is InChI=1S/C46H28N4OS/c1-4-10-29(11-5-1)30-18-22-35(23-19-30)46-47-38-25-27-40-41(42(38)51-46)37-28-36(24-26-39(37)52-40)31-16-20-34(21-17-31)45-49-43(32-12-6-2-7-13-32)48-44(50-45)33-14-8-3-9-15-33/h1-28H. The lowest BCUT2D eigenvalue weighted by Gasteiger charge is -2.09. The Morgan fingerprint density at radius 3 is 1.40 bits per heavy atom. The Bertz CT molecular complexity index is 2810. The molecular formula is C46H28N4OS. The fourth-order valence-electron chi connectivity index (χ4n) is 6.74. The maximum atomic E-state index is 6.55. The first kappa shape index (κ1) is 30.1. The average Bonchev–Trinajstić information content (AvgIpc) is 3.83. The predicted octanol–water partition coefficient (Wildman–Crippen LogP) is 12.4. The molecule has 0 fully saturated rings. The van der Waals surface area contributed by atoms with E-state index < -0.39 is 0 Å². The van der Waals surface area contributed by atoms with Crippen LogP contribution in [0.4, 0.5) is 0 Å². The van der Waals surface area contributed by atoms with Gasteiger partial charge in [0.05, 0.1) is 0 Å². The summed E-state index contributed by atoms with van der Waals surface area (Å²) in [6.07, 6.45) is 0. The van der Waals surface area contributed by atoms with Crippen LogP contribution in [0.5, 0.6) is 0 Å². The maximum Gasteiger partial charge on any atom is 0.227 e. The molecule has 244 valence electrons. The van der Waals surface area contributed by atoms with Crippen molar-refractivity contribution in [1.29, 1.82) is 0 Å². The second kappa shape index (κ2) is 12.5. The summed E-state index contributed by atoms with van der Waals surface area (Å²) in [7, 11) is 0. The lowest BCUT2D eigenvalue weighted by atomic mass is 10.0. The Morgan fingerprint density at radius 1 is 0.365 bits per heavy atom. The van der Waals surface area contributed by atoms with Gasteiger partial charge in [-0.1, -0.05) is 133 Å². The van der Waals surface area contributed by atoms with E-state index in [0.29, 0.717) is 23.4 Å². The monoisotopic (exact) mass is 684 g/mol. The summed E-state index contributed by atoms with van der Waals surface area (Å²) in [6.45, 7) is 0. The van der Waals surface area contributed by atoms with Crippen molar-refractivity contribution < 1.29 is 4.42 Å². The molecule has 0 saturated carbocycles. The van der Waals surface area contributed by atoms with Crippen molar-refractivity contribution in [2.24, 2.45) is 0 Å². The Hall–Kier alpha value is -6.76. The molecule has 5 nitrogen and oxygen atoms in total. The van der Waals surface area contributed by atoms with Crippen LogP contribution < -0.4 is 0 Å². The number of fused-ring (bicyclic) bond motifs is 5. The molecule has 0 aliphatic heterocycles. The van der Waals surface area contributed by atoms with Gasteiger partial charge < -0.3 is 4.42 Å². The molecule has 0 N–H and O–H groups in total. The minimum Gasteiger partial charge on any atom is -0.435 e. The van der Waals surface area contributed by atoms with Crippen LogP contribution in [0.1, 0.15) is 0 Å². The number of thiophene rings is 1. The second-order valence-corrected chi connectivity index (χ2v) is 13.8. The van der Waals surface area contributed by atoms with Gasteiger partial charge in [0.1, 0.15) is 5.52 Å². The molecule has 3 heterocycles. The zero-order valence-electron chi connectivity index (χ0n) is 27.8. The number of benzene rings is 7. The van der Waals surface area contributed by atoms with Crippen LogP contribution in [0.2, 0.25) is 0 Å². The van der Waals surface area contributed by atoms with Crippen molar-refractivity contribution in [1.82, 2.24) is 19.9 Å². The van der Waals surface area contributed by atoms with Gasteiger partial charge in [-0.25, -0.2) is 19.9 Å². The first-order chi connectivity index (χ1) is 25.7. The Kier molecular flexibility index (Phi) is 7.25. The number of nitrogens with zero attached hydrogens (tertiary/aromatic N) is 4. The maximum absolute atomic E-state index is 6.55. The van der Waals surface area contributed by atoms with E-state index in [1.165, 1.54) is 15.0 Å². The predicted molar refractivity (Wildman–Crippen MR) is 213 cm³/mol. The van der Waals surface area contributed by atoms with E-state index in [4.69, 9.17) is 24.4 Å². The Balaban J connectivity index is 1.01. The average molecular weight is 685 g/mol. The highest BCUT2D eigenvalue weighted by Gasteiger charge is 2.17. The van der Waals surface area contributed by atoms with Crippen LogP contribution in [0.15, 0.2) is 174 Å². The second-order valence-electron chi connectivity index (χ2n) is 12.7. The van der Waals surface area contributed by atoms with E-state index in [9.17, 15) is 0 Å². The van der Waals surface area contributed by atoms with Gasteiger partial charge in [-0.2, -0.15) is 0 Å². The van der Waals surface area contributed by atoms with Gasteiger partial charge in [0.15, 0.2) is 23.1 Å². The van der Waals surface area contributed by atoms with Crippen molar-refractivity contribution in [2.75, 3.05) is 0 Å². The largest absolute Gasteiger partial charge is 0.435 e. The van der Waals surface area contributed by atoms with Crippen molar-refractivity contribution in [2.45, 2.75) is 0 Å². The number of hydrogen-bond acceptors (Lipinski definition) is 6. The summed E-state index contributed by atoms with van der Waals surface area (Å²) < 4.78 is 8.93. The molecule has 0 atom stereocenters. The third-order valence-electron chi connectivity index (χ3n) is 9.40. The van der Waals surface area contributed by atoms with Crippen molar-refractivity contribution >= 4 is 42.6 Å². The van der Waals surface area contributed by atoms with Gasteiger partial charge in [-0.05, 0) is 58.7 Å². The van der Waals surface area contributed by atoms with E-state index in [2.05, 4.69) is 103 Å². The van der Waals surface area contributed by atoms with Crippen LogP contribution in [0.25, 0.3) is 99.1 Å². The summed E-state index contributed by atoms with van der Waals surface area (Å²) in [5, 5.41) is 2.26. The van der Waals surface area contributed by atoms with Gasteiger partial charge in [0.25, 0.3) is 0 Å². The lowest BCUT2D eigenvalue weighted by molar-refractivity contribution is 0.623. The summed E-state index contributed by atoms with van der Waals surface area (Å²) >= 11 is 1.77. The van der Waals surface area contributed by atoms with E-state index in [-0.39, 0.29) is 0 Å². The number of aromatic nitrogens is 4. The van der Waals surface area contributed by atoms with Crippen LogP contribution in [-0.2, 0) is 0 Å². The third kappa shape index (κ3) is 5.43. The smallest absolute Gasteiger partial charge is 0.227 e. The van der Waals surface area contributed by atoms with Gasteiger partial charge in [0, 0.05) is 42.4 Å². The van der Waals surface area contributed by atoms with Crippen LogP contribution in [0, 0.1) is 0 Å². The van der Waals surface area contributed by atoms with Crippen LogP contribution in [0.3, 0.4) is 0 Å². The molecule has 0 spiro atoms. The topological polar surface area (TPSA) is 64.7 Å². The molecule has 10 rings (SSSR count). The van der Waals surface area contributed by atoms with Gasteiger partial charge >= 0.3 is 0 Å². The van der Waals surface area contributed by atoms with Crippen LogP contribution in [-0.4, -0.2) is 19.9 Å². The molecule has 3 aromatic heterocycles. The quantitative estimate of drug-likeness (QED) is 0.174. The summed E-state index contributed by atoms with van der Waals surface area (Å²) in [6, 6.07) is 58.2. The number of hydrogen-bond donors (Lipinski definition) is 0. The molecule has 0 bridgehead atoms. The molecule has 0 aliphatic rings. The fourth-order valence-corrected chi connectivity index (χ4v) is 7.82. The van der Waals surface area contributed by atoms with Crippen molar-refractivity contribution in [3.63, 3.8) is 0 Å². The van der Waals surface area contributed by atoms with Crippen molar-refractivity contribution in [3.05, 3.63) is 170 Å². The number of oxazole rings is 1. The minimum atomic E-state index is 0.623. The SMILES string of the molecule is c1ccc(-c2ccc(-c3nc4ccc5sc6ccc(-c7ccc(-c8nc(-c9ccccc9)nc(-c9ccccc9)n8)cc7)cc6c5c4o3)cc2)cc1. The molecule has 0 radical (unpaired) electrons. The summed E-state index contributed by atoms with van der Waals surface area (Å²) in [4.78, 5) is 19.6. The Labute approximate surface area is 303 Å². The molecular weight excluding hydrogens is 657 g/mol. The van der Waals surface area contributed by atoms with Crippen LogP contribution >= 0.6 is 11.3 Å². The molecule has 10 aromatic rings. The molecule has 0 unspecified atom stereocenters. The first-order valence-corrected chi connectivity index (χ1v) is 17.9.